The molecular weight excluding hydrogens is 334 g/mol. The Kier molecular flexibility index (Phi) is 4.47. The van der Waals surface area contributed by atoms with Crippen molar-refractivity contribution in [3.05, 3.63) is 78.2 Å². The van der Waals surface area contributed by atoms with Gasteiger partial charge in [-0.2, -0.15) is 0 Å². The number of rotatable bonds is 4. The van der Waals surface area contributed by atoms with Crippen molar-refractivity contribution < 1.29 is 4.74 Å². The van der Waals surface area contributed by atoms with E-state index in [1.54, 1.807) is 7.11 Å². The number of aromatic amines is 1. The predicted molar refractivity (Wildman–Crippen MR) is 109 cm³/mol. The monoisotopic (exact) mass is 355 g/mol. The Balaban J connectivity index is 1.60. The summed E-state index contributed by atoms with van der Waals surface area (Å²) in [7, 11) is 1.67. The molecule has 4 heteroatoms. The minimum Gasteiger partial charge on any atom is -0.497 e. The van der Waals surface area contributed by atoms with Crippen molar-refractivity contribution in [3.63, 3.8) is 0 Å². The number of hydrogen-bond acceptors (Lipinski definition) is 3. The lowest BCUT2D eigenvalue weighted by atomic mass is 10.0. The van der Waals surface area contributed by atoms with Gasteiger partial charge in [0.15, 0.2) is 0 Å². The minimum atomic E-state index is 0.843. The molecule has 4 nitrogen and oxygen atoms in total. The number of hydrogen-bond donors (Lipinski definition) is 1. The zero-order valence-corrected chi connectivity index (χ0v) is 15.7. The number of methoxy groups -OCH3 is 1. The van der Waals surface area contributed by atoms with Crippen LogP contribution in [0.15, 0.2) is 67.0 Å². The Labute approximate surface area is 158 Å². The third kappa shape index (κ3) is 3.47. The summed E-state index contributed by atoms with van der Waals surface area (Å²) in [6.45, 7) is 4.13. The number of imidazole rings is 1. The lowest BCUT2D eigenvalue weighted by molar-refractivity contribution is 0.415. The first-order valence-corrected chi connectivity index (χ1v) is 8.87. The molecule has 0 aliphatic heterocycles. The molecule has 0 atom stereocenters. The molecular formula is C23H21N3O. The largest absolute Gasteiger partial charge is 0.497 e. The van der Waals surface area contributed by atoms with Crippen LogP contribution in [0.5, 0.6) is 5.75 Å². The highest BCUT2D eigenvalue weighted by molar-refractivity contribution is 5.71. The molecule has 0 fully saturated rings. The third-order valence-corrected chi connectivity index (χ3v) is 4.69. The van der Waals surface area contributed by atoms with Gasteiger partial charge in [0, 0.05) is 23.0 Å². The number of aromatic nitrogens is 3. The zero-order valence-electron chi connectivity index (χ0n) is 15.7. The Hall–Kier alpha value is -3.40. The Morgan fingerprint density at radius 2 is 1.44 bits per heavy atom. The van der Waals surface area contributed by atoms with E-state index in [1.165, 1.54) is 5.56 Å². The number of H-pyrrole nitrogens is 1. The Morgan fingerprint density at radius 3 is 2.11 bits per heavy atom. The summed E-state index contributed by atoms with van der Waals surface area (Å²) in [5, 5.41) is 0. The molecule has 4 rings (SSSR count). The van der Waals surface area contributed by atoms with E-state index < -0.39 is 0 Å². The van der Waals surface area contributed by atoms with Crippen LogP contribution in [0.3, 0.4) is 0 Å². The van der Waals surface area contributed by atoms with Crippen LogP contribution in [0.25, 0.3) is 33.8 Å². The van der Waals surface area contributed by atoms with Crippen molar-refractivity contribution in [1.82, 2.24) is 15.0 Å². The summed E-state index contributed by atoms with van der Waals surface area (Å²) < 4.78 is 5.21. The molecule has 0 saturated heterocycles. The van der Waals surface area contributed by atoms with E-state index >= 15 is 0 Å². The average Bonchev–Trinajstić information content (AvgIpc) is 3.18. The lowest BCUT2D eigenvalue weighted by Gasteiger charge is -2.07. The van der Waals surface area contributed by atoms with Crippen LogP contribution in [-0.4, -0.2) is 22.1 Å². The molecule has 0 bridgehead atoms. The van der Waals surface area contributed by atoms with Crippen molar-refractivity contribution in [1.29, 1.82) is 0 Å². The number of aryl methyl sites for hydroxylation is 2. The molecule has 0 aliphatic carbocycles. The van der Waals surface area contributed by atoms with E-state index in [-0.39, 0.29) is 0 Å². The average molecular weight is 355 g/mol. The van der Waals surface area contributed by atoms with Gasteiger partial charge in [-0.05, 0) is 60.9 Å². The summed E-state index contributed by atoms with van der Waals surface area (Å²) >= 11 is 0. The van der Waals surface area contributed by atoms with E-state index in [0.717, 1.165) is 45.2 Å². The minimum absolute atomic E-state index is 0.843. The molecule has 0 amide bonds. The van der Waals surface area contributed by atoms with Gasteiger partial charge in [-0.15, -0.1) is 0 Å². The van der Waals surface area contributed by atoms with E-state index in [4.69, 9.17) is 4.74 Å². The van der Waals surface area contributed by atoms with Gasteiger partial charge in [-0.3, -0.25) is 4.98 Å². The second kappa shape index (κ2) is 7.08. The van der Waals surface area contributed by atoms with Crippen LogP contribution in [0.1, 0.15) is 11.3 Å². The van der Waals surface area contributed by atoms with Crippen LogP contribution >= 0.6 is 0 Å². The van der Waals surface area contributed by atoms with Gasteiger partial charge in [-0.1, -0.05) is 24.3 Å². The molecule has 0 spiro atoms. The standard InChI is InChI=1S/C23H21N3O/c1-15-12-16(2)24-13-21(15)17-4-6-19(7-5-17)23-25-14-22(26-23)18-8-10-20(27-3)11-9-18/h4-14H,1-3H3,(H,25,26). The fourth-order valence-electron chi connectivity index (χ4n) is 3.19. The predicted octanol–water partition coefficient (Wildman–Crippen LogP) is 5.43. The van der Waals surface area contributed by atoms with E-state index in [0.29, 0.717) is 0 Å². The molecule has 0 aliphatic rings. The van der Waals surface area contributed by atoms with E-state index in [9.17, 15) is 0 Å². The summed E-state index contributed by atoms with van der Waals surface area (Å²) in [5.74, 6) is 1.70. The summed E-state index contributed by atoms with van der Waals surface area (Å²) in [6.07, 6.45) is 3.80. The first kappa shape index (κ1) is 17.0. The molecule has 4 aromatic rings. The molecule has 1 N–H and O–H groups in total. The molecule has 134 valence electrons. The molecule has 0 saturated carbocycles. The smallest absolute Gasteiger partial charge is 0.137 e. The molecule has 27 heavy (non-hydrogen) atoms. The van der Waals surface area contributed by atoms with Crippen molar-refractivity contribution >= 4 is 0 Å². The fourth-order valence-corrected chi connectivity index (χ4v) is 3.19. The van der Waals surface area contributed by atoms with Crippen molar-refractivity contribution in [2.75, 3.05) is 7.11 Å². The summed E-state index contributed by atoms with van der Waals surface area (Å²) in [6, 6.07) is 18.5. The number of benzene rings is 2. The van der Waals surface area contributed by atoms with Crippen LogP contribution in [0.2, 0.25) is 0 Å². The number of nitrogens with one attached hydrogen (secondary N) is 1. The molecule has 2 heterocycles. The van der Waals surface area contributed by atoms with Crippen molar-refractivity contribution in [2.45, 2.75) is 13.8 Å². The van der Waals surface area contributed by atoms with E-state index in [1.807, 2.05) is 43.6 Å². The van der Waals surface area contributed by atoms with Gasteiger partial charge >= 0.3 is 0 Å². The van der Waals surface area contributed by atoms with Gasteiger partial charge < -0.3 is 9.72 Å². The topological polar surface area (TPSA) is 50.8 Å². The zero-order chi connectivity index (χ0) is 18.8. The molecule has 2 aromatic carbocycles. The van der Waals surface area contributed by atoms with Crippen molar-refractivity contribution in [2.24, 2.45) is 0 Å². The second-order valence-corrected chi connectivity index (χ2v) is 6.59. The highest BCUT2D eigenvalue weighted by Crippen LogP contribution is 2.27. The maximum absolute atomic E-state index is 5.21. The number of nitrogens with zero attached hydrogens (tertiary/aromatic N) is 2. The van der Waals surface area contributed by atoms with Crippen LogP contribution < -0.4 is 4.74 Å². The molecule has 0 unspecified atom stereocenters. The van der Waals surface area contributed by atoms with Gasteiger partial charge in [0.1, 0.15) is 11.6 Å². The maximum Gasteiger partial charge on any atom is 0.137 e. The van der Waals surface area contributed by atoms with Gasteiger partial charge in [0.25, 0.3) is 0 Å². The van der Waals surface area contributed by atoms with Gasteiger partial charge in [0.05, 0.1) is 19.0 Å². The first-order chi connectivity index (χ1) is 13.1. The third-order valence-electron chi connectivity index (χ3n) is 4.69. The first-order valence-electron chi connectivity index (χ1n) is 8.87. The highest BCUT2D eigenvalue weighted by Gasteiger charge is 2.08. The second-order valence-electron chi connectivity index (χ2n) is 6.59. The molecule has 0 radical (unpaired) electrons. The van der Waals surface area contributed by atoms with Gasteiger partial charge in [-0.25, -0.2) is 4.98 Å². The lowest BCUT2D eigenvalue weighted by Crippen LogP contribution is -1.89. The number of ether oxygens (including phenoxy) is 1. The normalized spacial score (nSPS) is 10.8. The quantitative estimate of drug-likeness (QED) is 0.531. The van der Waals surface area contributed by atoms with Crippen molar-refractivity contribution in [3.8, 4) is 39.5 Å². The fraction of sp³-hybridized carbons (Fsp3) is 0.130. The van der Waals surface area contributed by atoms with Gasteiger partial charge in [0.2, 0.25) is 0 Å². The van der Waals surface area contributed by atoms with Crippen LogP contribution in [-0.2, 0) is 0 Å². The molecule has 2 aromatic heterocycles. The number of pyridine rings is 1. The van der Waals surface area contributed by atoms with E-state index in [2.05, 4.69) is 52.2 Å². The van der Waals surface area contributed by atoms with Crippen LogP contribution in [0.4, 0.5) is 0 Å². The Bertz CT molecular complexity index is 1060. The highest BCUT2D eigenvalue weighted by atomic mass is 16.5. The Morgan fingerprint density at radius 1 is 0.778 bits per heavy atom. The summed E-state index contributed by atoms with van der Waals surface area (Å²) in [4.78, 5) is 12.4. The van der Waals surface area contributed by atoms with Crippen LogP contribution in [0, 0.1) is 13.8 Å². The SMILES string of the molecule is COc1ccc(-c2cnc(-c3ccc(-c4cnc(C)cc4C)cc3)[nH]2)cc1. The maximum atomic E-state index is 5.21. The summed E-state index contributed by atoms with van der Waals surface area (Å²) in [5.41, 5.74) is 7.69.